The minimum Gasteiger partial charge on any atom is -0.377 e. The van der Waals surface area contributed by atoms with Crippen LogP contribution in [0.15, 0.2) is 85.2 Å². The third-order valence-electron chi connectivity index (χ3n) is 9.51. The van der Waals surface area contributed by atoms with Crippen LogP contribution in [-0.2, 0) is 0 Å². The minimum atomic E-state index is -0.300. The van der Waals surface area contributed by atoms with E-state index in [-0.39, 0.29) is 17.6 Å². The number of aromatic nitrogens is 4. The molecule has 0 aliphatic carbocycles. The number of fused-ring (bicyclic) bond motifs is 1. The molecule has 0 saturated carbocycles. The number of nitrogens with zero attached hydrogens (tertiary/aromatic N) is 7. The Labute approximate surface area is 281 Å². The fraction of sp³-hybridized carbons (Fsp3) is 0.351. The largest absolute Gasteiger partial charge is 0.377 e. The van der Waals surface area contributed by atoms with Crippen molar-refractivity contribution in [2.75, 3.05) is 30.0 Å². The Kier molecular flexibility index (Phi) is 8.58. The van der Waals surface area contributed by atoms with Gasteiger partial charge in [0, 0.05) is 36.8 Å². The molecule has 7 rings (SSSR count). The van der Waals surface area contributed by atoms with Gasteiger partial charge in [0.15, 0.2) is 0 Å². The summed E-state index contributed by atoms with van der Waals surface area (Å²) in [5.41, 5.74) is 9.68. The molecule has 3 aromatic carbocycles. The molecule has 2 aromatic heterocycles. The molecule has 1 saturated heterocycles. The highest BCUT2D eigenvalue weighted by Crippen LogP contribution is 2.40. The van der Waals surface area contributed by atoms with E-state index < -0.39 is 0 Å². The van der Waals surface area contributed by atoms with E-state index in [1.54, 1.807) is 6.20 Å². The first-order valence-electron chi connectivity index (χ1n) is 16.4. The molecule has 240 valence electrons. The molecule has 2 N–H and O–H groups in total. The zero-order valence-electron chi connectivity index (χ0n) is 27.1. The molecular formula is C37H40ClN9. The van der Waals surface area contributed by atoms with Crippen molar-refractivity contribution in [3.05, 3.63) is 113 Å². The molecule has 2 aliphatic heterocycles. The van der Waals surface area contributed by atoms with E-state index in [1.165, 1.54) is 0 Å². The number of rotatable bonds is 5. The Balaban J connectivity index is 1.32. The molecule has 9 nitrogen and oxygen atoms in total. The van der Waals surface area contributed by atoms with E-state index in [4.69, 9.17) is 21.9 Å². The summed E-state index contributed by atoms with van der Waals surface area (Å²) in [7, 11) is 0. The summed E-state index contributed by atoms with van der Waals surface area (Å²) in [6.07, 6.45) is 6.55. The average Bonchev–Trinajstić information content (AvgIpc) is 3.57. The van der Waals surface area contributed by atoms with Gasteiger partial charge in [0.25, 0.3) is 0 Å². The zero-order valence-corrected chi connectivity index (χ0v) is 27.8. The molecule has 4 heterocycles. The van der Waals surface area contributed by atoms with Crippen LogP contribution in [0.3, 0.4) is 0 Å². The maximum absolute atomic E-state index is 10.1. The molecule has 5 aromatic rings. The third-order valence-corrected chi connectivity index (χ3v) is 9.80. The summed E-state index contributed by atoms with van der Waals surface area (Å²) in [4.78, 5) is 7.16. The molecule has 0 amide bonds. The predicted molar refractivity (Wildman–Crippen MR) is 187 cm³/mol. The quantitative estimate of drug-likeness (QED) is 0.203. The number of hydrogen-bond donors (Lipinski definition) is 2. The van der Waals surface area contributed by atoms with Gasteiger partial charge in [-0.2, -0.15) is 5.26 Å². The number of nitriles is 1. The normalized spacial score (nSPS) is 18.5. The summed E-state index contributed by atoms with van der Waals surface area (Å²) in [5.74, 6) is 0. The lowest BCUT2D eigenvalue weighted by atomic mass is 9.98. The lowest BCUT2D eigenvalue weighted by Gasteiger charge is -2.40. The number of likely N-dealkylation sites (tertiary alicyclic amines) is 1. The van der Waals surface area contributed by atoms with E-state index in [9.17, 15) is 5.26 Å². The molecular weight excluding hydrogens is 606 g/mol. The summed E-state index contributed by atoms with van der Waals surface area (Å²) < 4.78 is 2.07. The second kappa shape index (κ2) is 13.0. The third kappa shape index (κ3) is 6.29. The number of hydrazine groups is 1. The van der Waals surface area contributed by atoms with Gasteiger partial charge in [-0.15, -0.1) is 5.10 Å². The highest BCUT2D eigenvalue weighted by molar-refractivity contribution is 6.35. The molecule has 47 heavy (non-hydrogen) atoms. The Morgan fingerprint density at radius 3 is 2.40 bits per heavy atom. The molecule has 10 heteroatoms. The maximum Gasteiger partial charge on any atom is 0.116 e. The number of halogens is 1. The Morgan fingerprint density at radius 2 is 1.70 bits per heavy atom. The standard InChI is InChI=1S/C37H40ClN9/c1-37(2,3)45-18-15-28(16-19-45)46-24-33(43-44-46)36(26-12-8-5-9-13-26)47-29-20-30-34(27(22-39)23-40-35(30)31(38)21-29)42-32(14-17-41-47)25-10-6-4-7-11-25/h4-13,20-21,23-24,28,32,36,41-42H,14-19H2,1-3H3/t32?,36-/m0/s1. The fourth-order valence-electron chi connectivity index (χ4n) is 6.95. The monoisotopic (exact) mass is 645 g/mol. The highest BCUT2D eigenvalue weighted by atomic mass is 35.5. The molecule has 2 atom stereocenters. The first kappa shape index (κ1) is 31.1. The van der Waals surface area contributed by atoms with Gasteiger partial charge in [0.2, 0.25) is 0 Å². The van der Waals surface area contributed by atoms with Crippen molar-refractivity contribution in [2.45, 2.75) is 63.7 Å². The second-order valence-electron chi connectivity index (χ2n) is 13.5. The van der Waals surface area contributed by atoms with Crippen molar-refractivity contribution >= 4 is 33.9 Å². The van der Waals surface area contributed by atoms with Crippen LogP contribution < -0.4 is 15.8 Å². The van der Waals surface area contributed by atoms with Crippen molar-refractivity contribution in [1.29, 1.82) is 5.26 Å². The van der Waals surface area contributed by atoms with Gasteiger partial charge in [-0.3, -0.25) is 14.9 Å². The van der Waals surface area contributed by atoms with E-state index in [0.29, 0.717) is 28.7 Å². The van der Waals surface area contributed by atoms with E-state index in [1.807, 2.05) is 30.3 Å². The summed E-state index contributed by atoms with van der Waals surface area (Å²) in [6.45, 7) is 9.56. The van der Waals surface area contributed by atoms with Crippen molar-refractivity contribution in [3.63, 3.8) is 0 Å². The highest BCUT2D eigenvalue weighted by Gasteiger charge is 2.32. The fourth-order valence-corrected chi connectivity index (χ4v) is 7.21. The number of piperidine rings is 1. The molecule has 1 fully saturated rings. The van der Waals surface area contributed by atoms with Crippen LogP contribution in [-0.4, -0.2) is 50.1 Å². The lowest BCUT2D eigenvalue weighted by Crippen LogP contribution is -2.46. The predicted octanol–water partition coefficient (Wildman–Crippen LogP) is 7.44. The smallest absolute Gasteiger partial charge is 0.116 e. The molecule has 2 aliphatic rings. The van der Waals surface area contributed by atoms with Crippen molar-refractivity contribution in [1.82, 2.24) is 30.3 Å². The number of anilines is 2. The van der Waals surface area contributed by atoms with Crippen molar-refractivity contribution in [3.8, 4) is 6.07 Å². The summed E-state index contributed by atoms with van der Waals surface area (Å²) in [6, 6.07) is 27.0. The first-order chi connectivity index (χ1) is 22.8. The van der Waals surface area contributed by atoms with Crippen LogP contribution in [0.5, 0.6) is 0 Å². The van der Waals surface area contributed by atoms with E-state index >= 15 is 0 Å². The van der Waals surface area contributed by atoms with Crippen LogP contribution in [0, 0.1) is 11.3 Å². The van der Waals surface area contributed by atoms with Crippen LogP contribution in [0.4, 0.5) is 11.4 Å². The number of benzene rings is 3. The van der Waals surface area contributed by atoms with Crippen molar-refractivity contribution in [2.24, 2.45) is 0 Å². The second-order valence-corrected chi connectivity index (χ2v) is 13.9. The van der Waals surface area contributed by atoms with Gasteiger partial charge in [0.05, 0.1) is 45.8 Å². The van der Waals surface area contributed by atoms with Crippen LogP contribution >= 0.6 is 11.6 Å². The number of pyridine rings is 1. The van der Waals surface area contributed by atoms with Gasteiger partial charge in [-0.05, 0) is 63.3 Å². The van der Waals surface area contributed by atoms with E-state index in [0.717, 1.165) is 65.9 Å². The molecule has 2 bridgehead atoms. The average molecular weight is 646 g/mol. The number of nitrogens with one attached hydrogen (secondary N) is 2. The van der Waals surface area contributed by atoms with Gasteiger partial charge >= 0.3 is 0 Å². The molecule has 0 radical (unpaired) electrons. The van der Waals surface area contributed by atoms with Gasteiger partial charge in [-0.25, -0.2) is 10.1 Å². The van der Waals surface area contributed by atoms with Gasteiger partial charge < -0.3 is 5.32 Å². The molecule has 0 spiro atoms. The maximum atomic E-state index is 10.1. The van der Waals surface area contributed by atoms with Crippen LogP contribution in [0.2, 0.25) is 5.02 Å². The minimum absolute atomic E-state index is 0.0567. The molecule has 1 unspecified atom stereocenters. The topological polar surface area (TPSA) is 97.9 Å². The lowest BCUT2D eigenvalue weighted by molar-refractivity contribution is 0.0866. The zero-order chi connectivity index (χ0) is 32.5. The van der Waals surface area contributed by atoms with Crippen molar-refractivity contribution < 1.29 is 0 Å². The van der Waals surface area contributed by atoms with E-state index in [2.05, 4.69) is 106 Å². The van der Waals surface area contributed by atoms with Gasteiger partial charge in [-0.1, -0.05) is 77.5 Å². The summed E-state index contributed by atoms with van der Waals surface area (Å²) in [5, 5.41) is 26.8. The first-order valence-corrected chi connectivity index (χ1v) is 16.8. The van der Waals surface area contributed by atoms with Crippen LogP contribution in [0.25, 0.3) is 10.9 Å². The van der Waals surface area contributed by atoms with Crippen LogP contribution in [0.1, 0.15) is 80.5 Å². The number of hydrogen-bond acceptors (Lipinski definition) is 8. The van der Waals surface area contributed by atoms with Gasteiger partial charge in [0.1, 0.15) is 17.8 Å². The SMILES string of the molecule is CC(C)(C)N1CCC(n2cc([C@H](c3ccccc3)N3NCCC(c4ccccc4)Nc4c(C#N)cnc5c(Cl)cc3cc45)nn2)CC1. The Bertz CT molecular complexity index is 1890. The summed E-state index contributed by atoms with van der Waals surface area (Å²) >= 11 is 6.98. The Morgan fingerprint density at radius 1 is 0.979 bits per heavy atom. The Hall–Kier alpha value is -4.49.